The molecule has 3 amide bonds. The van der Waals surface area contributed by atoms with Gasteiger partial charge in [-0.1, -0.05) is 59.1 Å². The highest BCUT2D eigenvalue weighted by molar-refractivity contribution is 6.54. The third-order valence-corrected chi connectivity index (χ3v) is 6.25. The second-order valence-corrected chi connectivity index (χ2v) is 9.19. The van der Waals surface area contributed by atoms with Crippen molar-refractivity contribution in [1.29, 1.82) is 0 Å². The molecular formula is C26H20Cl3N3O4. The summed E-state index contributed by atoms with van der Waals surface area (Å²) in [4.78, 5) is 39.6. The SMILES string of the molecule is CC(C)Oc1ccccc1NC(=O)c1cccc(NC2=C(Cl)C(=O)N(c3cccc(Cl)c3Cl)C2=O)c1. The van der Waals surface area contributed by atoms with Crippen LogP contribution in [-0.2, 0) is 9.59 Å². The molecule has 0 bridgehead atoms. The number of para-hydroxylation sites is 2. The molecule has 0 aromatic heterocycles. The standard InChI is InChI=1S/C26H20Cl3N3O4/c1-14(2)36-20-12-4-3-10-18(20)31-24(33)15-7-5-8-16(13-15)30-23-22(29)25(34)32(26(23)35)19-11-6-9-17(27)21(19)28/h3-14,30H,1-2H3,(H,31,33). The van der Waals surface area contributed by atoms with Gasteiger partial charge in [0.25, 0.3) is 17.7 Å². The number of halogens is 3. The molecule has 36 heavy (non-hydrogen) atoms. The predicted molar refractivity (Wildman–Crippen MR) is 142 cm³/mol. The molecule has 3 aromatic carbocycles. The van der Waals surface area contributed by atoms with Crippen molar-refractivity contribution in [1.82, 2.24) is 0 Å². The zero-order valence-corrected chi connectivity index (χ0v) is 21.4. The molecule has 10 heteroatoms. The number of imide groups is 1. The lowest BCUT2D eigenvalue weighted by molar-refractivity contribution is -0.120. The average Bonchev–Trinajstić information content (AvgIpc) is 3.05. The summed E-state index contributed by atoms with van der Waals surface area (Å²) in [5.74, 6) is -1.30. The number of nitrogens with one attached hydrogen (secondary N) is 2. The van der Waals surface area contributed by atoms with Crippen molar-refractivity contribution >= 4 is 69.6 Å². The molecule has 1 aliphatic rings. The van der Waals surface area contributed by atoms with E-state index in [2.05, 4.69) is 10.6 Å². The van der Waals surface area contributed by atoms with E-state index >= 15 is 0 Å². The number of carbonyl (C=O) groups excluding carboxylic acids is 3. The van der Waals surface area contributed by atoms with Gasteiger partial charge in [-0.05, 0) is 56.3 Å². The Morgan fingerprint density at radius 3 is 2.39 bits per heavy atom. The zero-order valence-electron chi connectivity index (χ0n) is 19.1. The lowest BCUT2D eigenvalue weighted by Gasteiger charge is -2.17. The van der Waals surface area contributed by atoms with Gasteiger partial charge in [-0.15, -0.1) is 0 Å². The molecule has 1 heterocycles. The number of anilines is 3. The minimum atomic E-state index is -0.746. The Bertz CT molecular complexity index is 1400. The van der Waals surface area contributed by atoms with Crippen LogP contribution in [0.1, 0.15) is 24.2 Å². The van der Waals surface area contributed by atoms with E-state index in [1.165, 1.54) is 18.2 Å². The molecule has 0 unspecified atom stereocenters. The van der Waals surface area contributed by atoms with Crippen LogP contribution in [-0.4, -0.2) is 23.8 Å². The van der Waals surface area contributed by atoms with Crippen LogP contribution < -0.4 is 20.3 Å². The van der Waals surface area contributed by atoms with E-state index in [-0.39, 0.29) is 38.5 Å². The molecule has 0 spiro atoms. The number of hydrogen-bond donors (Lipinski definition) is 2. The minimum Gasteiger partial charge on any atom is -0.489 e. The van der Waals surface area contributed by atoms with E-state index in [4.69, 9.17) is 39.5 Å². The number of hydrogen-bond acceptors (Lipinski definition) is 5. The molecule has 0 atom stereocenters. The fourth-order valence-electron chi connectivity index (χ4n) is 3.50. The van der Waals surface area contributed by atoms with Gasteiger partial charge >= 0.3 is 0 Å². The third kappa shape index (κ3) is 5.18. The molecular weight excluding hydrogens is 525 g/mol. The number of rotatable bonds is 7. The van der Waals surface area contributed by atoms with Crippen molar-refractivity contribution < 1.29 is 19.1 Å². The highest BCUT2D eigenvalue weighted by Crippen LogP contribution is 2.37. The Hall–Kier alpha value is -3.52. The average molecular weight is 545 g/mol. The zero-order chi connectivity index (χ0) is 26.0. The summed E-state index contributed by atoms with van der Waals surface area (Å²) < 4.78 is 5.75. The van der Waals surface area contributed by atoms with Gasteiger partial charge in [-0.3, -0.25) is 14.4 Å². The second-order valence-electron chi connectivity index (χ2n) is 8.03. The van der Waals surface area contributed by atoms with Gasteiger partial charge in [0.15, 0.2) is 0 Å². The van der Waals surface area contributed by atoms with Crippen LogP contribution in [0.25, 0.3) is 0 Å². The van der Waals surface area contributed by atoms with Crippen molar-refractivity contribution in [3.05, 3.63) is 93.1 Å². The van der Waals surface area contributed by atoms with Crippen LogP contribution in [0.3, 0.4) is 0 Å². The van der Waals surface area contributed by atoms with Crippen LogP contribution in [0.2, 0.25) is 10.0 Å². The Kier molecular flexibility index (Phi) is 7.54. The monoisotopic (exact) mass is 543 g/mol. The topological polar surface area (TPSA) is 87.7 Å². The molecule has 7 nitrogen and oxygen atoms in total. The second kappa shape index (κ2) is 10.6. The van der Waals surface area contributed by atoms with Crippen molar-refractivity contribution in [3.8, 4) is 5.75 Å². The van der Waals surface area contributed by atoms with E-state index in [1.54, 1.807) is 42.5 Å². The predicted octanol–water partition coefficient (Wildman–Crippen LogP) is 6.47. The summed E-state index contributed by atoms with van der Waals surface area (Å²) in [6.07, 6.45) is -0.0679. The number of amides is 3. The molecule has 0 fully saturated rings. The first-order valence-electron chi connectivity index (χ1n) is 10.8. The van der Waals surface area contributed by atoms with Crippen molar-refractivity contribution in [3.63, 3.8) is 0 Å². The first-order valence-corrected chi connectivity index (χ1v) is 12.0. The number of ether oxygens (including phenoxy) is 1. The van der Waals surface area contributed by atoms with Gasteiger partial charge in [0.1, 0.15) is 16.5 Å². The number of benzene rings is 3. The van der Waals surface area contributed by atoms with Crippen molar-refractivity contribution in [2.24, 2.45) is 0 Å². The van der Waals surface area contributed by atoms with E-state index in [1.807, 2.05) is 19.9 Å². The maximum absolute atomic E-state index is 13.1. The lowest BCUT2D eigenvalue weighted by Crippen LogP contribution is -2.32. The summed E-state index contributed by atoms with van der Waals surface area (Å²) in [5, 5.41) is 5.61. The van der Waals surface area contributed by atoms with Crippen LogP contribution >= 0.6 is 34.8 Å². The minimum absolute atomic E-state index is 0.0481. The van der Waals surface area contributed by atoms with Crippen molar-refractivity contribution in [2.75, 3.05) is 15.5 Å². The molecule has 0 radical (unpaired) electrons. The Morgan fingerprint density at radius 2 is 1.64 bits per heavy atom. The summed E-state index contributed by atoms with van der Waals surface area (Å²) in [6, 6.07) is 18.1. The normalized spacial score (nSPS) is 13.4. The van der Waals surface area contributed by atoms with Gasteiger partial charge in [-0.25, -0.2) is 4.90 Å². The Balaban J connectivity index is 1.55. The molecule has 1 aliphatic heterocycles. The molecule has 0 aliphatic carbocycles. The molecule has 0 saturated heterocycles. The molecule has 0 saturated carbocycles. The molecule has 3 aromatic rings. The van der Waals surface area contributed by atoms with Crippen LogP contribution in [0, 0.1) is 0 Å². The number of carbonyl (C=O) groups is 3. The summed E-state index contributed by atoms with van der Waals surface area (Å²) >= 11 is 18.5. The highest BCUT2D eigenvalue weighted by Gasteiger charge is 2.40. The summed E-state index contributed by atoms with van der Waals surface area (Å²) in [7, 11) is 0. The lowest BCUT2D eigenvalue weighted by atomic mass is 10.1. The van der Waals surface area contributed by atoms with E-state index < -0.39 is 11.8 Å². The van der Waals surface area contributed by atoms with Crippen LogP contribution in [0.15, 0.2) is 77.5 Å². The van der Waals surface area contributed by atoms with Crippen LogP contribution in [0.4, 0.5) is 17.1 Å². The maximum atomic E-state index is 13.1. The van der Waals surface area contributed by atoms with E-state index in [0.717, 1.165) is 4.90 Å². The van der Waals surface area contributed by atoms with E-state index in [9.17, 15) is 14.4 Å². The third-order valence-electron chi connectivity index (χ3n) is 5.09. The fourth-order valence-corrected chi connectivity index (χ4v) is 4.09. The summed E-state index contributed by atoms with van der Waals surface area (Å²) in [6.45, 7) is 3.79. The first-order chi connectivity index (χ1) is 17.2. The largest absolute Gasteiger partial charge is 0.489 e. The molecule has 184 valence electrons. The van der Waals surface area contributed by atoms with Gasteiger partial charge in [-0.2, -0.15) is 0 Å². The molecule has 4 rings (SSSR count). The fraction of sp³-hybridized carbons (Fsp3) is 0.115. The highest BCUT2D eigenvalue weighted by atomic mass is 35.5. The van der Waals surface area contributed by atoms with Gasteiger partial charge in [0.05, 0.1) is 27.5 Å². The van der Waals surface area contributed by atoms with Gasteiger partial charge in [0.2, 0.25) is 0 Å². The smallest absolute Gasteiger partial charge is 0.283 e. The quantitative estimate of drug-likeness (QED) is 0.333. The Morgan fingerprint density at radius 1 is 0.917 bits per heavy atom. The van der Waals surface area contributed by atoms with Gasteiger partial charge < -0.3 is 15.4 Å². The summed E-state index contributed by atoms with van der Waals surface area (Å²) in [5.41, 5.74) is 1.17. The molecule has 2 N–H and O–H groups in total. The Labute approximate surface area is 222 Å². The maximum Gasteiger partial charge on any atom is 0.283 e. The number of nitrogens with zero attached hydrogens (tertiary/aromatic N) is 1. The van der Waals surface area contributed by atoms with E-state index in [0.29, 0.717) is 22.7 Å². The first kappa shape index (κ1) is 25.6. The van der Waals surface area contributed by atoms with Crippen molar-refractivity contribution in [2.45, 2.75) is 20.0 Å². The van der Waals surface area contributed by atoms with Crippen LogP contribution in [0.5, 0.6) is 5.75 Å². The van der Waals surface area contributed by atoms with Gasteiger partial charge in [0, 0.05) is 11.3 Å².